The molecule has 3 rings (SSSR count). The van der Waals surface area contributed by atoms with Crippen LogP contribution in [0.3, 0.4) is 0 Å². The number of hydrogen-bond donors (Lipinski definition) is 1. The van der Waals surface area contributed by atoms with Crippen molar-refractivity contribution in [2.24, 2.45) is 0 Å². The van der Waals surface area contributed by atoms with E-state index in [0.29, 0.717) is 23.4 Å². The van der Waals surface area contributed by atoms with Gasteiger partial charge in [-0.05, 0) is 37.3 Å². The van der Waals surface area contributed by atoms with Gasteiger partial charge in [-0.2, -0.15) is 0 Å². The van der Waals surface area contributed by atoms with Gasteiger partial charge in [-0.15, -0.1) is 0 Å². The molecule has 20 heavy (non-hydrogen) atoms. The molecule has 0 saturated carbocycles. The van der Waals surface area contributed by atoms with Crippen molar-refractivity contribution in [1.29, 1.82) is 0 Å². The lowest BCUT2D eigenvalue weighted by Crippen LogP contribution is -1.97. The van der Waals surface area contributed by atoms with Gasteiger partial charge in [0.1, 0.15) is 17.1 Å². The predicted octanol–water partition coefficient (Wildman–Crippen LogP) is 4.33. The number of para-hydroxylation sites is 1. The summed E-state index contributed by atoms with van der Waals surface area (Å²) in [7, 11) is 0. The molecule has 102 valence electrons. The molecule has 0 unspecified atom stereocenters. The first-order chi connectivity index (χ1) is 9.61. The van der Waals surface area contributed by atoms with Gasteiger partial charge in [0.25, 0.3) is 0 Å². The van der Waals surface area contributed by atoms with Gasteiger partial charge in [-0.3, -0.25) is 0 Å². The topological polar surface area (TPSA) is 38.0 Å². The molecule has 1 heterocycles. The number of hydrogen-bond acceptors (Lipinski definition) is 2. The van der Waals surface area contributed by atoms with Crippen molar-refractivity contribution in [1.82, 2.24) is 9.55 Å². The van der Waals surface area contributed by atoms with Gasteiger partial charge >= 0.3 is 0 Å². The minimum Gasteiger partial charge on any atom is -0.507 e. The summed E-state index contributed by atoms with van der Waals surface area (Å²) < 4.78 is 16.6. The van der Waals surface area contributed by atoms with Crippen LogP contribution < -0.4 is 0 Å². The molecule has 0 aliphatic carbocycles. The van der Waals surface area contributed by atoms with Crippen molar-refractivity contribution in [3.63, 3.8) is 0 Å². The molecule has 0 aliphatic rings. The number of rotatable bonds is 2. The van der Waals surface area contributed by atoms with Crippen LogP contribution in [-0.4, -0.2) is 14.7 Å². The van der Waals surface area contributed by atoms with Gasteiger partial charge in [-0.1, -0.05) is 22.0 Å². The molecule has 0 saturated heterocycles. The highest BCUT2D eigenvalue weighted by Crippen LogP contribution is 2.33. The van der Waals surface area contributed by atoms with E-state index in [9.17, 15) is 9.50 Å². The van der Waals surface area contributed by atoms with E-state index < -0.39 is 0 Å². The Morgan fingerprint density at radius 1 is 1.30 bits per heavy atom. The minimum absolute atomic E-state index is 0.124. The fourth-order valence-corrected chi connectivity index (χ4v) is 2.69. The first-order valence-corrected chi connectivity index (χ1v) is 7.04. The number of imidazole rings is 1. The molecule has 3 aromatic rings. The van der Waals surface area contributed by atoms with Crippen molar-refractivity contribution in [2.75, 3.05) is 0 Å². The van der Waals surface area contributed by atoms with E-state index in [1.807, 2.05) is 17.6 Å². The zero-order chi connectivity index (χ0) is 14.3. The van der Waals surface area contributed by atoms with Gasteiger partial charge in [0, 0.05) is 11.0 Å². The quantitative estimate of drug-likeness (QED) is 0.757. The average Bonchev–Trinajstić information content (AvgIpc) is 2.81. The Morgan fingerprint density at radius 3 is 2.85 bits per heavy atom. The molecule has 0 aliphatic heterocycles. The van der Waals surface area contributed by atoms with Crippen molar-refractivity contribution in [2.45, 2.75) is 13.5 Å². The number of fused-ring (bicyclic) bond motifs is 1. The summed E-state index contributed by atoms with van der Waals surface area (Å²) in [5, 5.41) is 10.0. The monoisotopic (exact) mass is 334 g/mol. The van der Waals surface area contributed by atoms with Crippen LogP contribution in [0, 0.1) is 5.82 Å². The van der Waals surface area contributed by atoms with Crippen molar-refractivity contribution in [3.8, 4) is 17.1 Å². The molecule has 1 N–H and O–H groups in total. The Bertz CT molecular complexity index is 798. The second kappa shape index (κ2) is 4.90. The summed E-state index contributed by atoms with van der Waals surface area (Å²) in [6, 6.07) is 10.00. The smallest absolute Gasteiger partial charge is 0.151 e. The Kier molecular flexibility index (Phi) is 3.22. The molecular weight excluding hydrogens is 323 g/mol. The van der Waals surface area contributed by atoms with Crippen LogP contribution in [-0.2, 0) is 6.54 Å². The highest BCUT2D eigenvalue weighted by molar-refractivity contribution is 9.10. The molecule has 0 amide bonds. The normalized spacial score (nSPS) is 11.2. The van der Waals surface area contributed by atoms with Crippen LogP contribution in [0.4, 0.5) is 4.39 Å². The Balaban J connectivity index is 2.36. The van der Waals surface area contributed by atoms with E-state index in [2.05, 4.69) is 20.9 Å². The van der Waals surface area contributed by atoms with E-state index in [-0.39, 0.29) is 11.6 Å². The predicted molar refractivity (Wildman–Crippen MR) is 80.2 cm³/mol. The fraction of sp³-hybridized carbons (Fsp3) is 0.133. The number of aromatic nitrogens is 2. The summed E-state index contributed by atoms with van der Waals surface area (Å²) in [6.07, 6.45) is 0. The van der Waals surface area contributed by atoms with Gasteiger partial charge in [0.15, 0.2) is 5.82 Å². The van der Waals surface area contributed by atoms with Crippen molar-refractivity contribution >= 4 is 27.0 Å². The number of nitrogens with zero attached hydrogens (tertiary/aromatic N) is 2. The van der Waals surface area contributed by atoms with Gasteiger partial charge < -0.3 is 9.67 Å². The van der Waals surface area contributed by atoms with Crippen LogP contribution in [0.25, 0.3) is 22.4 Å². The zero-order valence-corrected chi connectivity index (χ0v) is 12.4. The van der Waals surface area contributed by atoms with E-state index in [1.54, 1.807) is 24.3 Å². The third-order valence-electron chi connectivity index (χ3n) is 3.25. The SMILES string of the molecule is CCn1c(-c2cc(Br)ccc2O)nc2c(F)cccc21. The number of phenolic OH excluding ortho intramolecular Hbond substituents is 1. The van der Waals surface area contributed by atoms with Crippen LogP contribution in [0.5, 0.6) is 5.75 Å². The Hall–Kier alpha value is -1.88. The molecule has 0 radical (unpaired) electrons. The Morgan fingerprint density at radius 2 is 2.10 bits per heavy atom. The molecule has 5 heteroatoms. The minimum atomic E-state index is -0.356. The van der Waals surface area contributed by atoms with Crippen LogP contribution >= 0.6 is 15.9 Å². The highest BCUT2D eigenvalue weighted by Gasteiger charge is 2.16. The van der Waals surface area contributed by atoms with Gasteiger partial charge in [-0.25, -0.2) is 9.37 Å². The molecular formula is C15H12BrFN2O. The van der Waals surface area contributed by atoms with Crippen LogP contribution in [0.2, 0.25) is 0 Å². The number of benzene rings is 2. The van der Waals surface area contributed by atoms with Crippen molar-refractivity contribution < 1.29 is 9.50 Å². The van der Waals surface area contributed by atoms with Crippen LogP contribution in [0.1, 0.15) is 6.92 Å². The van der Waals surface area contributed by atoms with Crippen LogP contribution in [0.15, 0.2) is 40.9 Å². The summed E-state index contributed by atoms with van der Waals surface area (Å²) >= 11 is 3.38. The Labute approximate surface area is 123 Å². The third-order valence-corrected chi connectivity index (χ3v) is 3.74. The molecule has 1 aromatic heterocycles. The summed E-state index contributed by atoms with van der Waals surface area (Å²) in [6.45, 7) is 2.60. The van der Waals surface area contributed by atoms with E-state index >= 15 is 0 Å². The van der Waals surface area contributed by atoms with Gasteiger partial charge in [0.05, 0.1) is 11.1 Å². The molecule has 0 atom stereocenters. The lowest BCUT2D eigenvalue weighted by atomic mass is 10.2. The summed E-state index contributed by atoms with van der Waals surface area (Å²) in [5.41, 5.74) is 1.63. The van der Waals surface area contributed by atoms with Gasteiger partial charge in [0.2, 0.25) is 0 Å². The zero-order valence-electron chi connectivity index (χ0n) is 10.8. The first kappa shape index (κ1) is 13.1. The summed E-state index contributed by atoms with van der Waals surface area (Å²) in [4.78, 5) is 4.36. The number of halogens is 2. The maximum atomic E-state index is 13.9. The standard InChI is InChI=1S/C15H12BrFN2O/c1-2-19-12-5-3-4-11(17)14(12)18-15(19)10-8-9(16)6-7-13(10)20/h3-8,20H,2H2,1H3. The largest absolute Gasteiger partial charge is 0.507 e. The highest BCUT2D eigenvalue weighted by atomic mass is 79.9. The second-order valence-corrected chi connectivity index (χ2v) is 5.36. The lowest BCUT2D eigenvalue weighted by Gasteiger charge is -2.08. The molecule has 2 aromatic carbocycles. The molecule has 0 spiro atoms. The van der Waals surface area contributed by atoms with Crippen molar-refractivity contribution in [3.05, 3.63) is 46.7 Å². The average molecular weight is 335 g/mol. The first-order valence-electron chi connectivity index (χ1n) is 6.25. The maximum absolute atomic E-state index is 13.9. The second-order valence-electron chi connectivity index (χ2n) is 4.45. The summed E-state index contributed by atoms with van der Waals surface area (Å²) in [5.74, 6) is 0.329. The number of aromatic hydroxyl groups is 1. The molecule has 0 fully saturated rings. The van der Waals surface area contributed by atoms with E-state index in [0.717, 1.165) is 9.99 Å². The number of aryl methyl sites for hydroxylation is 1. The maximum Gasteiger partial charge on any atom is 0.151 e. The van der Waals surface area contributed by atoms with E-state index in [4.69, 9.17) is 0 Å². The molecule has 0 bridgehead atoms. The molecule has 3 nitrogen and oxygen atoms in total. The fourth-order valence-electron chi connectivity index (χ4n) is 2.33. The number of phenols is 1. The van der Waals surface area contributed by atoms with E-state index in [1.165, 1.54) is 6.07 Å². The third kappa shape index (κ3) is 1.98. The lowest BCUT2D eigenvalue weighted by molar-refractivity contribution is 0.476.